The molecule has 1 saturated heterocycles. The van der Waals surface area contributed by atoms with Crippen molar-refractivity contribution in [2.45, 2.75) is 50.7 Å². The van der Waals surface area contributed by atoms with Crippen molar-refractivity contribution in [1.82, 2.24) is 4.31 Å². The highest BCUT2D eigenvalue weighted by atomic mass is 32.2. The van der Waals surface area contributed by atoms with Crippen LogP contribution < -0.4 is 10.2 Å². The van der Waals surface area contributed by atoms with Crippen LogP contribution in [0.1, 0.15) is 39.2 Å². The molecule has 34 heavy (non-hydrogen) atoms. The van der Waals surface area contributed by atoms with Gasteiger partial charge in [-0.05, 0) is 70.0 Å². The van der Waals surface area contributed by atoms with E-state index >= 15 is 0 Å². The molecule has 0 aromatic heterocycles. The Hall–Kier alpha value is -2.59. The van der Waals surface area contributed by atoms with Gasteiger partial charge in [0.05, 0.1) is 10.5 Å². The molecule has 3 rings (SSSR count). The topological polar surface area (TPSA) is 69.7 Å². The van der Waals surface area contributed by atoms with E-state index in [9.17, 15) is 26.4 Å². The van der Waals surface area contributed by atoms with Crippen LogP contribution in [-0.4, -0.2) is 44.3 Å². The fraction of sp³-hybridized carbons (Fsp3) is 0.458. The number of nitrogens with one attached hydrogen (secondary N) is 1. The van der Waals surface area contributed by atoms with Gasteiger partial charge in [-0.2, -0.15) is 17.5 Å². The van der Waals surface area contributed by atoms with Crippen LogP contribution in [0.3, 0.4) is 0 Å². The summed E-state index contributed by atoms with van der Waals surface area (Å²) in [6.07, 6.45) is -4.32. The third kappa shape index (κ3) is 5.72. The van der Waals surface area contributed by atoms with Crippen molar-refractivity contribution in [3.63, 3.8) is 0 Å². The summed E-state index contributed by atoms with van der Waals surface area (Å²) >= 11 is 0. The minimum atomic E-state index is -4.78. The first-order valence-electron chi connectivity index (χ1n) is 11.3. The Kier molecular flexibility index (Phi) is 7.92. The normalized spacial score (nSPS) is 16.0. The minimum Gasteiger partial charge on any atom is -0.369 e. The SMILES string of the molecule is CCN(c1ccc(NC(=O)C2CCN(S(=O)(=O)c3ccccc3C(F)(F)F)CC2)cc1)C(C)C. The number of rotatable bonds is 7. The van der Waals surface area contributed by atoms with Crippen LogP contribution >= 0.6 is 0 Å². The molecular weight excluding hydrogens is 467 g/mol. The number of anilines is 2. The van der Waals surface area contributed by atoms with Gasteiger partial charge in [-0.15, -0.1) is 0 Å². The Morgan fingerprint density at radius 1 is 1.09 bits per heavy atom. The Labute approximate surface area is 198 Å². The summed E-state index contributed by atoms with van der Waals surface area (Å²) in [7, 11) is -4.33. The van der Waals surface area contributed by atoms with Gasteiger partial charge >= 0.3 is 6.18 Å². The van der Waals surface area contributed by atoms with Gasteiger partial charge in [-0.1, -0.05) is 12.1 Å². The quantitative estimate of drug-likeness (QED) is 0.586. The molecule has 1 aliphatic heterocycles. The number of carbonyl (C=O) groups is 1. The maximum absolute atomic E-state index is 13.3. The number of alkyl halides is 3. The Morgan fingerprint density at radius 3 is 2.21 bits per heavy atom. The molecule has 0 unspecified atom stereocenters. The van der Waals surface area contributed by atoms with E-state index < -0.39 is 32.6 Å². The molecule has 1 aliphatic rings. The predicted octanol–water partition coefficient (Wildman–Crippen LogP) is 4.98. The number of sulfonamides is 1. The second kappa shape index (κ2) is 10.4. The van der Waals surface area contributed by atoms with E-state index in [0.29, 0.717) is 11.7 Å². The molecule has 186 valence electrons. The minimum absolute atomic E-state index is 0.0224. The fourth-order valence-electron chi connectivity index (χ4n) is 4.25. The highest BCUT2D eigenvalue weighted by Gasteiger charge is 2.40. The summed E-state index contributed by atoms with van der Waals surface area (Å²) in [6, 6.07) is 12.0. The third-order valence-electron chi connectivity index (χ3n) is 6.07. The van der Waals surface area contributed by atoms with Crippen LogP contribution in [0.2, 0.25) is 0 Å². The Balaban J connectivity index is 1.63. The van der Waals surface area contributed by atoms with E-state index in [1.54, 1.807) is 0 Å². The second-order valence-corrected chi connectivity index (χ2v) is 10.5. The predicted molar refractivity (Wildman–Crippen MR) is 126 cm³/mol. The number of hydrogen-bond donors (Lipinski definition) is 1. The standard InChI is InChI=1S/C24H30F3N3O3S/c1-4-30(17(2)3)20-11-9-19(10-12-20)28-23(31)18-13-15-29(16-14-18)34(32,33)22-8-6-5-7-21(22)24(25,26)27/h5-12,17-18H,4,13-16H2,1-3H3,(H,28,31). The van der Waals surface area contributed by atoms with Gasteiger partial charge < -0.3 is 10.2 Å². The van der Waals surface area contributed by atoms with Crippen LogP contribution in [-0.2, 0) is 21.0 Å². The summed E-state index contributed by atoms with van der Waals surface area (Å²) in [5.41, 5.74) is 0.508. The summed E-state index contributed by atoms with van der Waals surface area (Å²) in [5, 5.41) is 2.87. The van der Waals surface area contributed by atoms with Crippen molar-refractivity contribution < 1.29 is 26.4 Å². The number of carbonyl (C=O) groups excluding carboxylic acids is 1. The number of amides is 1. The van der Waals surface area contributed by atoms with Crippen LogP contribution in [0.25, 0.3) is 0 Å². The maximum Gasteiger partial charge on any atom is 0.417 e. The summed E-state index contributed by atoms with van der Waals surface area (Å²) in [4.78, 5) is 14.2. The smallest absolute Gasteiger partial charge is 0.369 e. The van der Waals surface area contributed by atoms with E-state index in [4.69, 9.17) is 0 Å². The number of nitrogens with zero attached hydrogens (tertiary/aromatic N) is 2. The molecule has 1 N–H and O–H groups in total. The van der Waals surface area contributed by atoms with Crippen molar-refractivity contribution in [3.8, 4) is 0 Å². The molecule has 2 aromatic rings. The molecule has 2 aromatic carbocycles. The average molecular weight is 498 g/mol. The zero-order valence-electron chi connectivity index (χ0n) is 19.5. The lowest BCUT2D eigenvalue weighted by molar-refractivity contribution is -0.139. The van der Waals surface area contributed by atoms with Gasteiger partial charge in [-0.3, -0.25) is 4.79 Å². The lowest BCUT2D eigenvalue weighted by atomic mass is 9.97. The number of hydrogen-bond acceptors (Lipinski definition) is 4. The van der Waals surface area contributed by atoms with Crippen molar-refractivity contribution in [2.24, 2.45) is 5.92 Å². The summed E-state index contributed by atoms with van der Waals surface area (Å²) in [5.74, 6) is -0.650. The molecule has 0 saturated carbocycles. The highest BCUT2D eigenvalue weighted by Crippen LogP contribution is 2.36. The third-order valence-corrected chi connectivity index (χ3v) is 8.02. The van der Waals surface area contributed by atoms with Crippen molar-refractivity contribution >= 4 is 27.3 Å². The monoisotopic (exact) mass is 497 g/mol. The number of benzene rings is 2. The Bertz CT molecular complexity index is 1090. The number of piperidine rings is 1. The summed E-state index contributed by atoms with van der Waals surface area (Å²) in [6.45, 7) is 7.10. The van der Waals surface area contributed by atoms with Crippen LogP contribution in [0.5, 0.6) is 0 Å². The molecule has 6 nitrogen and oxygen atoms in total. The molecule has 0 spiro atoms. The summed E-state index contributed by atoms with van der Waals surface area (Å²) < 4.78 is 66.8. The van der Waals surface area contributed by atoms with E-state index in [2.05, 4.69) is 31.0 Å². The highest BCUT2D eigenvalue weighted by molar-refractivity contribution is 7.89. The van der Waals surface area contributed by atoms with Gasteiger partial charge in [-0.25, -0.2) is 8.42 Å². The molecule has 1 amide bonds. The van der Waals surface area contributed by atoms with Gasteiger partial charge in [0, 0.05) is 43.0 Å². The maximum atomic E-state index is 13.3. The van der Waals surface area contributed by atoms with E-state index in [-0.39, 0.29) is 31.8 Å². The van der Waals surface area contributed by atoms with E-state index in [1.165, 1.54) is 6.07 Å². The Morgan fingerprint density at radius 2 is 1.68 bits per heavy atom. The van der Waals surface area contributed by atoms with Gasteiger partial charge in [0.15, 0.2) is 0 Å². The zero-order valence-corrected chi connectivity index (χ0v) is 20.3. The first kappa shape index (κ1) is 26.0. The van der Waals surface area contributed by atoms with Crippen LogP contribution in [0.15, 0.2) is 53.4 Å². The van der Waals surface area contributed by atoms with Gasteiger partial charge in [0.25, 0.3) is 0 Å². The van der Waals surface area contributed by atoms with Crippen molar-refractivity contribution in [2.75, 3.05) is 29.9 Å². The lowest BCUT2D eigenvalue weighted by Gasteiger charge is -2.31. The largest absolute Gasteiger partial charge is 0.417 e. The molecular formula is C24H30F3N3O3S. The first-order valence-corrected chi connectivity index (χ1v) is 12.7. The van der Waals surface area contributed by atoms with Crippen LogP contribution in [0, 0.1) is 5.92 Å². The van der Waals surface area contributed by atoms with Crippen molar-refractivity contribution in [1.29, 1.82) is 0 Å². The van der Waals surface area contributed by atoms with Crippen LogP contribution in [0.4, 0.5) is 24.5 Å². The fourth-order valence-corrected chi connectivity index (χ4v) is 5.93. The van der Waals surface area contributed by atoms with E-state index in [0.717, 1.165) is 34.7 Å². The molecule has 0 atom stereocenters. The second-order valence-electron chi connectivity index (χ2n) is 8.59. The molecule has 1 fully saturated rings. The molecule has 0 aliphatic carbocycles. The molecule has 0 radical (unpaired) electrons. The number of halogens is 3. The first-order chi connectivity index (χ1) is 15.9. The lowest BCUT2D eigenvalue weighted by Crippen LogP contribution is -2.41. The van der Waals surface area contributed by atoms with Gasteiger partial charge in [0.1, 0.15) is 0 Å². The molecule has 0 bridgehead atoms. The van der Waals surface area contributed by atoms with Gasteiger partial charge in [0.2, 0.25) is 15.9 Å². The average Bonchev–Trinajstić information content (AvgIpc) is 2.80. The molecule has 1 heterocycles. The zero-order chi connectivity index (χ0) is 25.1. The molecule has 10 heteroatoms. The van der Waals surface area contributed by atoms with E-state index in [1.807, 2.05) is 24.3 Å². The van der Waals surface area contributed by atoms with Crippen molar-refractivity contribution in [3.05, 3.63) is 54.1 Å².